The number of carbonyl (C=O) groups is 1. The van der Waals surface area contributed by atoms with Gasteiger partial charge in [0, 0.05) is 0 Å². The smallest absolute Gasteiger partial charge is 0.416 e. The Bertz CT molecular complexity index is 1290. The van der Waals surface area contributed by atoms with Crippen molar-refractivity contribution < 1.29 is 22.7 Å². The van der Waals surface area contributed by atoms with E-state index in [0.717, 1.165) is 28.8 Å². The fourth-order valence-corrected chi connectivity index (χ4v) is 3.35. The summed E-state index contributed by atoms with van der Waals surface area (Å²) >= 11 is 0. The maximum Gasteiger partial charge on any atom is 0.416 e. The molecule has 4 rings (SSSR count). The highest BCUT2D eigenvalue weighted by molar-refractivity contribution is 5.98. The topological polar surface area (TPSA) is 55.0 Å². The highest BCUT2D eigenvalue weighted by Crippen LogP contribution is 2.30. The molecule has 0 aliphatic rings. The Kier molecular flexibility index (Phi) is 5.81. The second-order valence-corrected chi connectivity index (χ2v) is 7.07. The number of fused-ring (bicyclic) bond motifs is 1. The van der Waals surface area contributed by atoms with Gasteiger partial charge in [-0.1, -0.05) is 42.5 Å². The van der Waals surface area contributed by atoms with E-state index in [1.54, 1.807) is 31.2 Å². The molecule has 0 spiro atoms. The van der Waals surface area contributed by atoms with Crippen molar-refractivity contribution in [1.82, 2.24) is 9.97 Å². The van der Waals surface area contributed by atoms with Crippen LogP contribution in [0.3, 0.4) is 0 Å². The van der Waals surface area contributed by atoms with Crippen LogP contribution in [0.5, 0.6) is 0 Å². The standard InChI is InChI=1S/C25H19F3N2O2/c1-2-32-24(31)20-6-4-3-5-19(20)17-10-13-21-22(15-17)30-23(29-21)14-9-16-7-11-18(12-8-16)25(26,27)28/h3-15H,2H2,1H3,(H,29,30)/b14-9+. The molecule has 0 amide bonds. The van der Waals surface area contributed by atoms with E-state index in [9.17, 15) is 18.0 Å². The maximum atomic E-state index is 12.7. The maximum absolute atomic E-state index is 12.7. The Balaban J connectivity index is 1.61. The molecule has 0 bridgehead atoms. The molecule has 0 atom stereocenters. The van der Waals surface area contributed by atoms with Crippen molar-refractivity contribution in [3.8, 4) is 11.1 Å². The predicted octanol–water partition coefficient (Wildman–Crippen LogP) is 6.60. The van der Waals surface area contributed by atoms with Crippen LogP contribution in [-0.2, 0) is 10.9 Å². The largest absolute Gasteiger partial charge is 0.462 e. The molecule has 0 aliphatic heterocycles. The summed E-state index contributed by atoms with van der Waals surface area (Å²) in [7, 11) is 0. The fraction of sp³-hybridized carbons (Fsp3) is 0.120. The van der Waals surface area contributed by atoms with Crippen molar-refractivity contribution in [3.05, 3.63) is 89.2 Å². The van der Waals surface area contributed by atoms with Gasteiger partial charge < -0.3 is 9.72 Å². The summed E-state index contributed by atoms with van der Waals surface area (Å²) in [5.74, 6) is 0.182. The Labute approximate surface area is 182 Å². The molecule has 4 aromatic rings. The van der Waals surface area contributed by atoms with E-state index in [1.807, 2.05) is 30.3 Å². The second kappa shape index (κ2) is 8.70. The van der Waals surface area contributed by atoms with Gasteiger partial charge in [0.15, 0.2) is 0 Å². The van der Waals surface area contributed by atoms with Crippen LogP contribution in [0.25, 0.3) is 34.3 Å². The summed E-state index contributed by atoms with van der Waals surface area (Å²) in [4.78, 5) is 20.0. The molecule has 0 saturated carbocycles. The molecule has 1 aromatic heterocycles. The van der Waals surface area contributed by atoms with Gasteiger partial charge >= 0.3 is 12.1 Å². The minimum absolute atomic E-state index is 0.292. The normalized spacial score (nSPS) is 11.9. The van der Waals surface area contributed by atoms with Crippen LogP contribution in [0, 0.1) is 0 Å². The quantitative estimate of drug-likeness (QED) is 0.359. The summed E-state index contributed by atoms with van der Waals surface area (Å²) < 4.78 is 43.2. The van der Waals surface area contributed by atoms with Gasteiger partial charge in [-0.15, -0.1) is 0 Å². The fourth-order valence-electron chi connectivity index (χ4n) is 3.35. The van der Waals surface area contributed by atoms with Gasteiger partial charge in [-0.05, 0) is 60.0 Å². The van der Waals surface area contributed by atoms with E-state index in [0.29, 0.717) is 29.1 Å². The molecule has 162 valence electrons. The van der Waals surface area contributed by atoms with Crippen molar-refractivity contribution in [2.75, 3.05) is 6.61 Å². The van der Waals surface area contributed by atoms with Crippen LogP contribution in [0.4, 0.5) is 13.2 Å². The van der Waals surface area contributed by atoms with Crippen molar-refractivity contribution in [2.45, 2.75) is 13.1 Å². The number of hydrogen-bond acceptors (Lipinski definition) is 3. The lowest BCUT2D eigenvalue weighted by Gasteiger charge is -2.08. The van der Waals surface area contributed by atoms with E-state index < -0.39 is 11.7 Å². The van der Waals surface area contributed by atoms with Crippen LogP contribution in [0.1, 0.15) is 34.2 Å². The Morgan fingerprint density at radius 2 is 1.78 bits per heavy atom. The van der Waals surface area contributed by atoms with Crippen LogP contribution in [-0.4, -0.2) is 22.5 Å². The summed E-state index contributed by atoms with van der Waals surface area (Å²) in [6, 6.07) is 17.8. The number of esters is 1. The number of nitrogens with one attached hydrogen (secondary N) is 1. The zero-order valence-corrected chi connectivity index (χ0v) is 17.1. The summed E-state index contributed by atoms with van der Waals surface area (Å²) in [5.41, 5.74) is 3.49. The molecular weight excluding hydrogens is 417 g/mol. The number of ether oxygens (including phenoxy) is 1. The lowest BCUT2D eigenvalue weighted by atomic mass is 9.99. The molecule has 3 aromatic carbocycles. The van der Waals surface area contributed by atoms with Crippen LogP contribution < -0.4 is 0 Å². The minimum Gasteiger partial charge on any atom is -0.462 e. The minimum atomic E-state index is -4.36. The lowest BCUT2D eigenvalue weighted by Crippen LogP contribution is -2.06. The molecule has 1 N–H and O–H groups in total. The van der Waals surface area contributed by atoms with Crippen LogP contribution in [0.15, 0.2) is 66.7 Å². The average Bonchev–Trinajstić information content (AvgIpc) is 3.20. The van der Waals surface area contributed by atoms with Crippen molar-refractivity contribution in [3.63, 3.8) is 0 Å². The van der Waals surface area contributed by atoms with Crippen molar-refractivity contribution in [1.29, 1.82) is 0 Å². The number of aromatic nitrogens is 2. The Hall–Kier alpha value is -3.87. The van der Waals surface area contributed by atoms with E-state index in [1.165, 1.54) is 12.1 Å². The zero-order valence-electron chi connectivity index (χ0n) is 17.1. The molecule has 1 heterocycles. The van der Waals surface area contributed by atoms with E-state index in [4.69, 9.17) is 4.74 Å². The highest BCUT2D eigenvalue weighted by Gasteiger charge is 2.29. The molecule has 32 heavy (non-hydrogen) atoms. The molecule has 4 nitrogen and oxygen atoms in total. The zero-order chi connectivity index (χ0) is 22.7. The third kappa shape index (κ3) is 4.56. The molecular formula is C25H19F3N2O2. The van der Waals surface area contributed by atoms with Crippen LogP contribution >= 0.6 is 0 Å². The number of alkyl halides is 3. The highest BCUT2D eigenvalue weighted by atomic mass is 19.4. The number of halogens is 3. The number of imidazole rings is 1. The van der Waals surface area contributed by atoms with E-state index in [2.05, 4.69) is 9.97 Å². The van der Waals surface area contributed by atoms with Gasteiger partial charge in [0.05, 0.1) is 28.8 Å². The number of carbonyl (C=O) groups excluding carboxylic acids is 1. The molecule has 0 fully saturated rings. The predicted molar refractivity (Wildman–Crippen MR) is 118 cm³/mol. The Morgan fingerprint density at radius 1 is 1.03 bits per heavy atom. The number of aromatic amines is 1. The van der Waals surface area contributed by atoms with Gasteiger partial charge in [0.25, 0.3) is 0 Å². The van der Waals surface area contributed by atoms with Crippen molar-refractivity contribution in [2.24, 2.45) is 0 Å². The number of rotatable bonds is 5. The first-order valence-corrected chi connectivity index (χ1v) is 9.97. The van der Waals surface area contributed by atoms with E-state index in [-0.39, 0.29) is 5.97 Å². The van der Waals surface area contributed by atoms with Gasteiger partial charge in [0.1, 0.15) is 5.82 Å². The number of hydrogen-bond donors (Lipinski definition) is 1. The van der Waals surface area contributed by atoms with E-state index >= 15 is 0 Å². The van der Waals surface area contributed by atoms with Gasteiger partial charge in [0.2, 0.25) is 0 Å². The molecule has 0 unspecified atom stereocenters. The molecule has 7 heteroatoms. The molecule has 0 saturated heterocycles. The Morgan fingerprint density at radius 3 is 2.50 bits per heavy atom. The van der Waals surface area contributed by atoms with Gasteiger partial charge in [-0.3, -0.25) is 0 Å². The molecule has 0 radical (unpaired) electrons. The first kappa shape index (κ1) is 21.4. The number of H-pyrrole nitrogens is 1. The third-order valence-corrected chi connectivity index (χ3v) is 4.91. The SMILES string of the molecule is CCOC(=O)c1ccccc1-c1ccc2[nH]c(/C=C/c3ccc(C(F)(F)F)cc3)nc2c1. The first-order chi connectivity index (χ1) is 15.3. The summed E-state index contributed by atoms with van der Waals surface area (Å²) in [5, 5.41) is 0. The number of benzene rings is 3. The monoisotopic (exact) mass is 436 g/mol. The second-order valence-electron chi connectivity index (χ2n) is 7.07. The third-order valence-electron chi connectivity index (χ3n) is 4.91. The lowest BCUT2D eigenvalue weighted by molar-refractivity contribution is -0.137. The van der Waals surface area contributed by atoms with Crippen LogP contribution in [0.2, 0.25) is 0 Å². The number of nitrogens with zero attached hydrogens (tertiary/aromatic N) is 1. The summed E-state index contributed by atoms with van der Waals surface area (Å²) in [6.45, 7) is 2.05. The first-order valence-electron chi connectivity index (χ1n) is 9.97. The molecule has 0 aliphatic carbocycles. The van der Waals surface area contributed by atoms with Gasteiger partial charge in [-0.25, -0.2) is 9.78 Å². The van der Waals surface area contributed by atoms with Crippen molar-refractivity contribution >= 4 is 29.2 Å². The summed E-state index contributed by atoms with van der Waals surface area (Å²) in [6.07, 6.45) is -0.964. The average molecular weight is 436 g/mol. The van der Waals surface area contributed by atoms with Gasteiger partial charge in [-0.2, -0.15) is 13.2 Å².